The number of para-hydroxylation sites is 3. The monoisotopic (exact) mass is 476 g/mol. The molecule has 0 bridgehead atoms. The number of hydrogen-bond acceptors (Lipinski definition) is 4. The first-order valence-electron chi connectivity index (χ1n) is 11.2. The lowest BCUT2D eigenvalue weighted by Gasteiger charge is -2.13. The summed E-state index contributed by atoms with van der Waals surface area (Å²) in [6.07, 6.45) is 0.721. The van der Waals surface area contributed by atoms with Gasteiger partial charge < -0.3 is 9.88 Å². The Kier molecular flexibility index (Phi) is 6.70. The highest BCUT2D eigenvalue weighted by Gasteiger charge is 2.19. The number of sulfonamides is 1. The van der Waals surface area contributed by atoms with Gasteiger partial charge in [-0.25, -0.2) is 13.4 Å². The van der Waals surface area contributed by atoms with Gasteiger partial charge in [0.2, 0.25) is 0 Å². The lowest BCUT2D eigenvalue weighted by Crippen LogP contribution is -2.26. The van der Waals surface area contributed by atoms with E-state index in [1.54, 1.807) is 25.1 Å². The van der Waals surface area contributed by atoms with E-state index in [4.69, 9.17) is 0 Å². The molecule has 0 unspecified atom stereocenters. The number of carbonyl (C=O) groups excluding carboxylic acids is 1. The van der Waals surface area contributed by atoms with Crippen LogP contribution in [0.4, 0.5) is 5.69 Å². The molecule has 1 amide bonds. The molecule has 2 N–H and O–H groups in total. The van der Waals surface area contributed by atoms with Gasteiger partial charge in [0.25, 0.3) is 15.9 Å². The number of carbonyl (C=O) groups is 1. The van der Waals surface area contributed by atoms with Crippen molar-refractivity contribution in [2.24, 2.45) is 0 Å². The quantitative estimate of drug-likeness (QED) is 0.364. The van der Waals surface area contributed by atoms with Crippen LogP contribution in [0.3, 0.4) is 0 Å². The molecule has 0 fully saturated rings. The predicted octanol–water partition coefficient (Wildman–Crippen LogP) is 4.58. The summed E-state index contributed by atoms with van der Waals surface area (Å²) in [4.78, 5) is 17.5. The van der Waals surface area contributed by atoms with Gasteiger partial charge in [-0.15, -0.1) is 0 Å². The Labute approximate surface area is 199 Å². The van der Waals surface area contributed by atoms with Crippen LogP contribution in [-0.2, 0) is 16.6 Å². The zero-order valence-electron chi connectivity index (χ0n) is 19.5. The van der Waals surface area contributed by atoms with Crippen molar-refractivity contribution in [3.8, 4) is 0 Å². The molecule has 4 aromatic rings. The molecule has 0 aliphatic heterocycles. The molecule has 0 aliphatic rings. The van der Waals surface area contributed by atoms with Crippen molar-refractivity contribution in [2.45, 2.75) is 38.6 Å². The van der Waals surface area contributed by atoms with Crippen molar-refractivity contribution in [2.75, 3.05) is 11.3 Å². The number of amides is 1. The maximum absolute atomic E-state index is 12.9. The van der Waals surface area contributed by atoms with Crippen molar-refractivity contribution < 1.29 is 13.2 Å². The van der Waals surface area contributed by atoms with Gasteiger partial charge in [-0.3, -0.25) is 9.52 Å². The summed E-state index contributed by atoms with van der Waals surface area (Å²) in [6, 6.07) is 19.7. The van der Waals surface area contributed by atoms with E-state index in [2.05, 4.69) is 19.6 Å². The maximum Gasteiger partial charge on any atom is 0.261 e. The molecule has 4 rings (SSSR count). The third-order valence-corrected chi connectivity index (χ3v) is 7.21. The lowest BCUT2D eigenvalue weighted by atomic mass is 10.1. The van der Waals surface area contributed by atoms with Gasteiger partial charge in [-0.05, 0) is 68.7 Å². The molecular formula is C26H28N4O3S. The molecule has 176 valence electrons. The largest absolute Gasteiger partial charge is 0.352 e. The molecule has 3 aromatic carbocycles. The van der Waals surface area contributed by atoms with E-state index < -0.39 is 10.0 Å². The minimum Gasteiger partial charge on any atom is -0.352 e. The lowest BCUT2D eigenvalue weighted by molar-refractivity contribution is 0.0952. The summed E-state index contributed by atoms with van der Waals surface area (Å²) in [5.74, 6) is 0.639. The van der Waals surface area contributed by atoms with Crippen molar-refractivity contribution in [1.82, 2.24) is 14.9 Å². The number of nitrogens with one attached hydrogen (secondary N) is 2. The van der Waals surface area contributed by atoms with Gasteiger partial charge in [-0.1, -0.05) is 36.4 Å². The number of imidazole rings is 1. The van der Waals surface area contributed by atoms with E-state index >= 15 is 0 Å². The molecule has 0 atom stereocenters. The summed E-state index contributed by atoms with van der Waals surface area (Å²) < 4.78 is 30.6. The molecular weight excluding hydrogens is 448 g/mol. The van der Waals surface area contributed by atoms with Crippen LogP contribution in [-0.4, -0.2) is 30.4 Å². The highest BCUT2D eigenvalue weighted by Crippen LogP contribution is 2.21. The Hall–Kier alpha value is -3.65. The minimum absolute atomic E-state index is 0.0482. The summed E-state index contributed by atoms with van der Waals surface area (Å²) >= 11 is 0. The van der Waals surface area contributed by atoms with Crippen molar-refractivity contribution in [1.29, 1.82) is 0 Å². The topological polar surface area (TPSA) is 93.1 Å². The van der Waals surface area contributed by atoms with E-state index in [1.165, 1.54) is 12.1 Å². The zero-order valence-corrected chi connectivity index (χ0v) is 20.3. The van der Waals surface area contributed by atoms with Crippen LogP contribution in [0.5, 0.6) is 0 Å². The van der Waals surface area contributed by atoms with E-state index in [9.17, 15) is 13.2 Å². The Morgan fingerprint density at radius 1 is 0.941 bits per heavy atom. The highest BCUT2D eigenvalue weighted by molar-refractivity contribution is 7.92. The van der Waals surface area contributed by atoms with E-state index in [0.29, 0.717) is 23.4 Å². The molecule has 0 radical (unpaired) electrons. The first-order chi connectivity index (χ1) is 16.3. The standard InChI is InChI=1S/C26H28N4O3S/c1-18-13-14-21(34(32,33)29-23-10-5-4-9-19(23)2)17-22(18)26(31)27-15-8-16-30-20(3)28-24-11-6-7-12-25(24)30/h4-7,9-14,17,29H,8,15-16H2,1-3H3,(H,27,31). The fraction of sp³-hybridized carbons (Fsp3) is 0.231. The van der Waals surface area contributed by atoms with Crippen LogP contribution in [0.25, 0.3) is 11.0 Å². The molecule has 0 saturated carbocycles. The van der Waals surface area contributed by atoms with Crippen LogP contribution in [0.1, 0.15) is 33.7 Å². The number of nitrogens with zero attached hydrogens (tertiary/aromatic N) is 2. The minimum atomic E-state index is -3.83. The molecule has 8 heteroatoms. The van der Waals surface area contributed by atoms with Crippen molar-refractivity contribution in [3.05, 3.63) is 89.2 Å². The SMILES string of the molecule is Cc1ccccc1NS(=O)(=O)c1ccc(C)c(C(=O)NCCCn2c(C)nc3ccccc32)c1. The number of hydrogen-bond donors (Lipinski definition) is 2. The number of benzene rings is 3. The predicted molar refractivity (Wildman–Crippen MR) is 135 cm³/mol. The molecule has 0 aliphatic carbocycles. The van der Waals surface area contributed by atoms with Gasteiger partial charge in [0.1, 0.15) is 5.82 Å². The summed E-state index contributed by atoms with van der Waals surface area (Å²) in [5, 5.41) is 2.92. The first kappa shape index (κ1) is 23.5. The third kappa shape index (κ3) is 4.97. The number of rotatable bonds is 8. The molecule has 0 saturated heterocycles. The molecule has 0 spiro atoms. The number of aryl methyl sites for hydroxylation is 4. The zero-order chi connectivity index (χ0) is 24.3. The Morgan fingerprint density at radius 2 is 1.68 bits per heavy atom. The summed E-state index contributed by atoms with van der Waals surface area (Å²) in [7, 11) is -3.83. The van der Waals surface area contributed by atoms with Gasteiger partial charge in [0.05, 0.1) is 21.6 Å². The highest BCUT2D eigenvalue weighted by atomic mass is 32.2. The second-order valence-electron chi connectivity index (χ2n) is 8.31. The van der Waals surface area contributed by atoms with E-state index in [-0.39, 0.29) is 10.8 Å². The van der Waals surface area contributed by atoms with Gasteiger partial charge in [0, 0.05) is 18.7 Å². The van der Waals surface area contributed by atoms with E-state index in [0.717, 1.165) is 35.4 Å². The average molecular weight is 477 g/mol. The Balaban J connectivity index is 1.42. The average Bonchev–Trinajstić information content (AvgIpc) is 3.13. The summed E-state index contributed by atoms with van der Waals surface area (Å²) in [5.41, 5.74) is 4.41. The fourth-order valence-corrected chi connectivity index (χ4v) is 5.07. The van der Waals surface area contributed by atoms with Gasteiger partial charge in [0.15, 0.2) is 0 Å². The van der Waals surface area contributed by atoms with Crippen LogP contribution in [0.15, 0.2) is 71.6 Å². The number of aromatic nitrogens is 2. The smallest absolute Gasteiger partial charge is 0.261 e. The third-order valence-electron chi connectivity index (χ3n) is 5.84. The van der Waals surface area contributed by atoms with Crippen LogP contribution < -0.4 is 10.0 Å². The first-order valence-corrected chi connectivity index (χ1v) is 12.6. The normalized spacial score (nSPS) is 11.5. The summed E-state index contributed by atoms with van der Waals surface area (Å²) in [6.45, 7) is 6.78. The Morgan fingerprint density at radius 3 is 2.47 bits per heavy atom. The number of anilines is 1. The number of fused-ring (bicyclic) bond motifs is 1. The van der Waals surface area contributed by atoms with Crippen LogP contribution >= 0.6 is 0 Å². The maximum atomic E-state index is 12.9. The van der Waals surface area contributed by atoms with Gasteiger partial charge >= 0.3 is 0 Å². The fourth-order valence-electron chi connectivity index (χ4n) is 3.92. The van der Waals surface area contributed by atoms with Crippen molar-refractivity contribution >= 4 is 32.7 Å². The molecule has 1 heterocycles. The Bertz CT molecular complexity index is 1460. The van der Waals surface area contributed by atoms with Crippen molar-refractivity contribution in [3.63, 3.8) is 0 Å². The van der Waals surface area contributed by atoms with Gasteiger partial charge in [-0.2, -0.15) is 0 Å². The second kappa shape index (κ2) is 9.69. The molecule has 1 aromatic heterocycles. The second-order valence-corrected chi connectivity index (χ2v) is 9.99. The van der Waals surface area contributed by atoms with E-state index in [1.807, 2.05) is 50.2 Å². The van der Waals surface area contributed by atoms with Crippen LogP contribution in [0.2, 0.25) is 0 Å². The molecule has 34 heavy (non-hydrogen) atoms. The van der Waals surface area contributed by atoms with Crippen LogP contribution in [0, 0.1) is 20.8 Å². The molecule has 7 nitrogen and oxygen atoms in total.